The van der Waals surface area contributed by atoms with Crippen molar-refractivity contribution in [2.75, 3.05) is 0 Å². The average Bonchev–Trinajstić information content (AvgIpc) is 2.67. The van der Waals surface area contributed by atoms with E-state index in [1.165, 1.54) is 59.2 Å². The number of hydrogen-bond acceptors (Lipinski definition) is 1. The topological polar surface area (TPSA) is 0 Å². The van der Waals surface area contributed by atoms with Gasteiger partial charge in [0.2, 0.25) is 0 Å². The summed E-state index contributed by atoms with van der Waals surface area (Å²) in [5, 5.41) is 0.197. The minimum absolute atomic E-state index is 0.197. The molecule has 1 unspecified atom stereocenters. The molecule has 0 aliphatic heterocycles. The molecule has 1 aromatic rings. The first-order chi connectivity index (χ1) is 8.65. The zero-order valence-corrected chi connectivity index (χ0v) is 14.6. The maximum Gasteiger partial charge on any atom is 0.0704 e. The van der Waals surface area contributed by atoms with Crippen LogP contribution in [0, 0.1) is 6.92 Å². The number of aryl methyl sites for hydroxylation is 1. The molecule has 18 heavy (non-hydrogen) atoms. The van der Waals surface area contributed by atoms with E-state index in [0.29, 0.717) is 0 Å². The first-order valence-corrected chi connectivity index (χ1v) is 9.09. The highest BCUT2D eigenvalue weighted by Gasteiger charge is 2.13. The van der Waals surface area contributed by atoms with Crippen molar-refractivity contribution < 1.29 is 0 Å². The summed E-state index contributed by atoms with van der Waals surface area (Å²) in [6.45, 7) is 4.42. The molecule has 0 aliphatic rings. The highest BCUT2D eigenvalue weighted by atomic mass is 79.9. The second kappa shape index (κ2) is 9.39. The Kier molecular flexibility index (Phi) is 8.62. The molecule has 1 heterocycles. The maximum atomic E-state index is 6.47. The van der Waals surface area contributed by atoms with Gasteiger partial charge in [0.15, 0.2) is 0 Å². The molecule has 0 bridgehead atoms. The van der Waals surface area contributed by atoms with Gasteiger partial charge in [0, 0.05) is 4.88 Å². The van der Waals surface area contributed by atoms with Crippen LogP contribution in [0.25, 0.3) is 0 Å². The monoisotopic (exact) mass is 350 g/mol. The van der Waals surface area contributed by atoms with Gasteiger partial charge in [-0.05, 0) is 40.9 Å². The number of halogens is 2. The summed E-state index contributed by atoms with van der Waals surface area (Å²) in [5.41, 5.74) is 1.32. The fourth-order valence-corrected chi connectivity index (χ4v) is 4.42. The highest BCUT2D eigenvalue weighted by Crippen LogP contribution is 2.36. The molecule has 0 aromatic carbocycles. The lowest BCUT2D eigenvalue weighted by atomic mass is 10.0. The van der Waals surface area contributed by atoms with Crippen LogP contribution in [0.4, 0.5) is 0 Å². The summed E-state index contributed by atoms with van der Waals surface area (Å²) in [4.78, 5) is 1.35. The third-order valence-electron chi connectivity index (χ3n) is 3.32. The van der Waals surface area contributed by atoms with Crippen molar-refractivity contribution in [3.63, 3.8) is 0 Å². The molecule has 1 rings (SSSR count). The van der Waals surface area contributed by atoms with Gasteiger partial charge < -0.3 is 0 Å². The zero-order chi connectivity index (χ0) is 13.4. The van der Waals surface area contributed by atoms with E-state index in [-0.39, 0.29) is 5.38 Å². The van der Waals surface area contributed by atoms with Gasteiger partial charge in [-0.3, -0.25) is 0 Å². The largest absolute Gasteiger partial charge is 0.133 e. The van der Waals surface area contributed by atoms with Gasteiger partial charge in [-0.1, -0.05) is 51.9 Å². The van der Waals surface area contributed by atoms with Crippen molar-refractivity contribution in [1.29, 1.82) is 0 Å². The average molecular weight is 352 g/mol. The minimum Gasteiger partial charge on any atom is -0.133 e. The fraction of sp³-hybridized carbons (Fsp3) is 0.733. The second-order valence-electron chi connectivity index (χ2n) is 4.94. The molecule has 0 amide bonds. The number of unbranched alkanes of at least 4 members (excludes halogenated alkanes) is 6. The summed E-state index contributed by atoms with van der Waals surface area (Å²) >= 11 is 11.8. The van der Waals surface area contributed by atoms with Crippen molar-refractivity contribution in [2.45, 2.75) is 70.6 Å². The van der Waals surface area contributed by atoms with Gasteiger partial charge in [-0.15, -0.1) is 22.9 Å². The molecule has 0 saturated carbocycles. The summed E-state index contributed by atoms with van der Waals surface area (Å²) in [6.07, 6.45) is 10.6. The lowest BCUT2D eigenvalue weighted by Crippen LogP contribution is -1.91. The van der Waals surface area contributed by atoms with E-state index in [0.717, 1.165) is 6.42 Å². The van der Waals surface area contributed by atoms with Crippen LogP contribution >= 0.6 is 38.9 Å². The lowest BCUT2D eigenvalue weighted by molar-refractivity contribution is 0.572. The SMILES string of the molecule is CCCCCCCCCC(Cl)c1cc(Br)sc1C. The predicted molar refractivity (Wildman–Crippen MR) is 88.0 cm³/mol. The van der Waals surface area contributed by atoms with Crippen molar-refractivity contribution >= 4 is 38.9 Å². The van der Waals surface area contributed by atoms with E-state index in [9.17, 15) is 0 Å². The molecular weight excluding hydrogens is 328 g/mol. The molecular formula is C15H24BrClS. The third kappa shape index (κ3) is 6.08. The molecule has 0 fully saturated rings. The smallest absolute Gasteiger partial charge is 0.0704 e. The summed E-state index contributed by atoms with van der Waals surface area (Å²) in [6, 6.07) is 2.18. The maximum absolute atomic E-state index is 6.47. The van der Waals surface area contributed by atoms with Crippen LogP contribution in [0.3, 0.4) is 0 Å². The molecule has 0 saturated heterocycles. The van der Waals surface area contributed by atoms with Crippen LogP contribution in [0.1, 0.15) is 74.1 Å². The number of thiophene rings is 1. The van der Waals surface area contributed by atoms with Crippen LogP contribution in [0.2, 0.25) is 0 Å². The Morgan fingerprint density at radius 3 is 2.33 bits per heavy atom. The van der Waals surface area contributed by atoms with Crippen LogP contribution in [0.15, 0.2) is 9.85 Å². The molecule has 1 atom stereocenters. The van der Waals surface area contributed by atoms with E-state index in [1.807, 2.05) is 0 Å². The second-order valence-corrected chi connectivity index (χ2v) is 8.10. The quantitative estimate of drug-likeness (QED) is 0.325. The van der Waals surface area contributed by atoms with Crippen molar-refractivity contribution in [3.8, 4) is 0 Å². The van der Waals surface area contributed by atoms with E-state index in [2.05, 4.69) is 35.8 Å². The van der Waals surface area contributed by atoms with Crippen LogP contribution in [0.5, 0.6) is 0 Å². The molecule has 0 aliphatic carbocycles. The minimum atomic E-state index is 0.197. The Bertz CT molecular complexity index is 335. The molecule has 1 aromatic heterocycles. The Morgan fingerprint density at radius 1 is 1.17 bits per heavy atom. The number of alkyl halides is 1. The van der Waals surface area contributed by atoms with Gasteiger partial charge in [-0.25, -0.2) is 0 Å². The molecule has 0 nitrogen and oxygen atoms in total. The van der Waals surface area contributed by atoms with E-state index >= 15 is 0 Å². The van der Waals surface area contributed by atoms with Crippen molar-refractivity contribution in [3.05, 3.63) is 20.3 Å². The van der Waals surface area contributed by atoms with E-state index in [4.69, 9.17) is 11.6 Å². The van der Waals surface area contributed by atoms with Crippen molar-refractivity contribution in [2.24, 2.45) is 0 Å². The normalized spacial score (nSPS) is 12.9. The summed E-state index contributed by atoms with van der Waals surface area (Å²) < 4.78 is 1.19. The first kappa shape index (κ1) is 16.5. The molecule has 0 N–H and O–H groups in total. The van der Waals surface area contributed by atoms with Crippen molar-refractivity contribution in [1.82, 2.24) is 0 Å². The Balaban J connectivity index is 2.14. The van der Waals surface area contributed by atoms with E-state index in [1.54, 1.807) is 11.3 Å². The van der Waals surface area contributed by atoms with Crippen LogP contribution in [-0.4, -0.2) is 0 Å². The summed E-state index contributed by atoms with van der Waals surface area (Å²) in [7, 11) is 0. The molecule has 3 heteroatoms. The Morgan fingerprint density at radius 2 is 1.78 bits per heavy atom. The van der Waals surface area contributed by atoms with Gasteiger partial charge in [0.25, 0.3) is 0 Å². The lowest BCUT2D eigenvalue weighted by Gasteiger charge is -2.09. The highest BCUT2D eigenvalue weighted by molar-refractivity contribution is 9.11. The zero-order valence-electron chi connectivity index (χ0n) is 11.5. The van der Waals surface area contributed by atoms with Gasteiger partial charge in [0.1, 0.15) is 0 Å². The van der Waals surface area contributed by atoms with Gasteiger partial charge in [-0.2, -0.15) is 0 Å². The fourth-order valence-electron chi connectivity index (χ4n) is 2.21. The molecule has 0 radical (unpaired) electrons. The van der Waals surface area contributed by atoms with Crippen LogP contribution in [-0.2, 0) is 0 Å². The molecule has 104 valence electrons. The third-order valence-corrected chi connectivity index (χ3v) is 5.35. The standard InChI is InChI=1S/C15H24BrClS/c1-3-4-5-6-7-8-9-10-14(17)13-11-15(16)18-12(13)2/h11,14H,3-10H2,1-2H3. The number of hydrogen-bond donors (Lipinski definition) is 0. The van der Waals surface area contributed by atoms with E-state index < -0.39 is 0 Å². The Labute approximate surface area is 129 Å². The van der Waals surface area contributed by atoms with Crippen LogP contribution < -0.4 is 0 Å². The van der Waals surface area contributed by atoms with Gasteiger partial charge >= 0.3 is 0 Å². The summed E-state index contributed by atoms with van der Waals surface area (Å²) in [5.74, 6) is 0. The van der Waals surface area contributed by atoms with Gasteiger partial charge in [0.05, 0.1) is 9.16 Å². The number of rotatable bonds is 9. The Hall–Kier alpha value is 0.470. The first-order valence-electron chi connectivity index (χ1n) is 7.05. The molecule has 0 spiro atoms. The predicted octanol–water partition coefficient (Wildman–Crippen LogP) is 7.24.